The molecule has 1 atom stereocenters. The molecular weight excluding hydrogens is 386 g/mol. The topological polar surface area (TPSA) is 78.5 Å². The second-order valence-corrected chi connectivity index (χ2v) is 8.26. The highest BCUT2D eigenvalue weighted by Gasteiger charge is 2.54. The molecule has 1 aliphatic heterocycles. The number of nitrogens with one attached hydrogen (secondary N) is 2. The molecule has 6 nitrogen and oxygen atoms in total. The van der Waals surface area contributed by atoms with Crippen LogP contribution in [0.2, 0.25) is 5.02 Å². The fourth-order valence-corrected chi connectivity index (χ4v) is 4.88. The summed E-state index contributed by atoms with van der Waals surface area (Å²) in [5.41, 5.74) is 1.26. The van der Waals surface area contributed by atoms with Gasteiger partial charge < -0.3 is 10.6 Å². The molecule has 4 rings (SSSR count). The van der Waals surface area contributed by atoms with E-state index in [1.807, 2.05) is 18.4 Å². The molecule has 1 saturated heterocycles. The van der Waals surface area contributed by atoms with Gasteiger partial charge in [-0.3, -0.25) is 14.5 Å². The first kappa shape index (κ1) is 18.0. The first-order valence-corrected chi connectivity index (χ1v) is 9.93. The van der Waals surface area contributed by atoms with Gasteiger partial charge in [-0.1, -0.05) is 17.7 Å². The molecule has 2 aromatic rings. The van der Waals surface area contributed by atoms with Gasteiger partial charge in [0.2, 0.25) is 5.91 Å². The van der Waals surface area contributed by atoms with Gasteiger partial charge in [0.1, 0.15) is 12.1 Å². The molecule has 4 amide bonds. The van der Waals surface area contributed by atoms with Crippen LogP contribution in [0.25, 0.3) is 0 Å². The van der Waals surface area contributed by atoms with Crippen molar-refractivity contribution in [1.82, 2.24) is 10.2 Å². The van der Waals surface area contributed by atoms with Crippen molar-refractivity contribution in [3.05, 3.63) is 50.7 Å². The number of nitrogens with zero attached hydrogens (tertiary/aromatic N) is 1. The van der Waals surface area contributed by atoms with Gasteiger partial charge in [-0.15, -0.1) is 11.3 Å². The van der Waals surface area contributed by atoms with Gasteiger partial charge in [-0.25, -0.2) is 4.79 Å². The van der Waals surface area contributed by atoms with Crippen molar-refractivity contribution in [2.24, 2.45) is 0 Å². The SMILES string of the molecule is Cc1ccc(NC(=O)CN2C(=O)N[C@]3(CCCc4sccc43)C2=O)cc1Cl. The van der Waals surface area contributed by atoms with Crippen LogP contribution in [0.15, 0.2) is 29.6 Å². The molecule has 27 heavy (non-hydrogen) atoms. The minimum absolute atomic E-state index is 0.336. The number of imide groups is 1. The van der Waals surface area contributed by atoms with E-state index in [2.05, 4.69) is 10.6 Å². The Morgan fingerprint density at radius 2 is 2.19 bits per heavy atom. The van der Waals surface area contributed by atoms with Crippen molar-refractivity contribution in [3.8, 4) is 0 Å². The van der Waals surface area contributed by atoms with E-state index in [4.69, 9.17) is 11.6 Å². The third-order valence-corrected chi connectivity index (χ3v) is 6.48. The summed E-state index contributed by atoms with van der Waals surface area (Å²) in [5, 5.41) is 8.00. The zero-order valence-electron chi connectivity index (χ0n) is 14.7. The summed E-state index contributed by atoms with van der Waals surface area (Å²) in [6.45, 7) is 1.53. The van der Waals surface area contributed by atoms with Crippen LogP contribution in [0.3, 0.4) is 0 Å². The highest BCUT2D eigenvalue weighted by Crippen LogP contribution is 2.42. The molecule has 8 heteroatoms. The van der Waals surface area contributed by atoms with Gasteiger partial charge in [0.15, 0.2) is 0 Å². The van der Waals surface area contributed by atoms with Gasteiger partial charge in [0, 0.05) is 21.2 Å². The summed E-state index contributed by atoms with van der Waals surface area (Å²) >= 11 is 7.66. The smallest absolute Gasteiger partial charge is 0.324 e. The number of amides is 4. The third-order valence-electron chi connectivity index (χ3n) is 5.09. The Kier molecular flexibility index (Phi) is 4.44. The Morgan fingerprint density at radius 1 is 1.37 bits per heavy atom. The second-order valence-electron chi connectivity index (χ2n) is 6.85. The fraction of sp³-hybridized carbons (Fsp3) is 0.316. The first-order valence-electron chi connectivity index (χ1n) is 8.68. The van der Waals surface area contributed by atoms with E-state index in [0.29, 0.717) is 17.1 Å². The molecule has 0 saturated carbocycles. The second kappa shape index (κ2) is 6.65. The molecule has 0 unspecified atom stereocenters. The molecule has 0 bridgehead atoms. The maximum Gasteiger partial charge on any atom is 0.325 e. The number of hydrogen-bond donors (Lipinski definition) is 2. The number of rotatable bonds is 3. The van der Waals surface area contributed by atoms with Crippen LogP contribution in [0.4, 0.5) is 10.5 Å². The molecule has 2 N–H and O–H groups in total. The van der Waals surface area contributed by atoms with Crippen molar-refractivity contribution in [2.45, 2.75) is 31.7 Å². The van der Waals surface area contributed by atoms with E-state index < -0.39 is 17.5 Å². The number of urea groups is 1. The molecule has 1 aliphatic carbocycles. The lowest BCUT2D eigenvalue weighted by Gasteiger charge is -2.31. The molecule has 1 aromatic heterocycles. The number of carbonyl (C=O) groups excluding carboxylic acids is 3. The van der Waals surface area contributed by atoms with Crippen molar-refractivity contribution >= 4 is 46.5 Å². The summed E-state index contributed by atoms with van der Waals surface area (Å²) in [6, 6.07) is 6.53. The van der Waals surface area contributed by atoms with Crippen LogP contribution < -0.4 is 10.6 Å². The maximum absolute atomic E-state index is 13.1. The van der Waals surface area contributed by atoms with Crippen molar-refractivity contribution in [2.75, 3.05) is 11.9 Å². The Labute approximate surface area is 165 Å². The lowest BCUT2D eigenvalue weighted by molar-refractivity contribution is -0.134. The van der Waals surface area contributed by atoms with Crippen molar-refractivity contribution in [3.63, 3.8) is 0 Å². The van der Waals surface area contributed by atoms with Crippen LogP contribution >= 0.6 is 22.9 Å². The average Bonchev–Trinajstić information content (AvgIpc) is 3.19. The Balaban J connectivity index is 1.52. The van der Waals surface area contributed by atoms with E-state index in [9.17, 15) is 14.4 Å². The van der Waals surface area contributed by atoms with Gasteiger partial charge >= 0.3 is 6.03 Å². The maximum atomic E-state index is 13.1. The first-order chi connectivity index (χ1) is 12.9. The highest BCUT2D eigenvalue weighted by atomic mass is 35.5. The van der Waals surface area contributed by atoms with Crippen molar-refractivity contribution < 1.29 is 14.4 Å². The van der Waals surface area contributed by atoms with Crippen LogP contribution in [-0.4, -0.2) is 29.3 Å². The number of benzene rings is 1. The van der Waals surface area contributed by atoms with Crippen LogP contribution in [0.1, 0.15) is 28.8 Å². The number of anilines is 1. The lowest BCUT2D eigenvalue weighted by Crippen LogP contribution is -2.46. The summed E-state index contributed by atoms with van der Waals surface area (Å²) in [4.78, 5) is 40.1. The molecule has 1 aromatic carbocycles. The number of halogens is 1. The lowest BCUT2D eigenvalue weighted by atomic mass is 9.80. The number of carbonyl (C=O) groups is 3. The minimum atomic E-state index is -1.03. The number of aryl methyl sites for hydroxylation is 2. The van der Waals surface area contributed by atoms with Gasteiger partial charge in [-0.2, -0.15) is 0 Å². The average molecular weight is 404 g/mol. The fourth-order valence-electron chi connectivity index (χ4n) is 3.70. The standard InChI is InChI=1S/C19H18ClN3O3S/c1-11-4-5-12(9-14(11)20)21-16(24)10-23-17(25)19(22-18(23)26)7-2-3-15-13(19)6-8-27-15/h4-6,8-9H,2-3,7,10H2,1H3,(H,21,24)(H,22,26)/t19-/m0/s1. The molecule has 1 spiro atoms. The molecule has 140 valence electrons. The predicted octanol–water partition coefficient (Wildman–Crippen LogP) is 3.43. The monoisotopic (exact) mass is 403 g/mol. The van der Waals surface area contributed by atoms with Crippen LogP contribution in [0, 0.1) is 6.92 Å². The number of hydrogen-bond acceptors (Lipinski definition) is 4. The molecule has 1 fully saturated rings. The van der Waals surface area contributed by atoms with E-state index >= 15 is 0 Å². The Hall–Kier alpha value is -2.38. The van der Waals surface area contributed by atoms with Gasteiger partial charge in [-0.05, 0) is 55.3 Å². The molecule has 2 heterocycles. The van der Waals surface area contributed by atoms with E-state index in [-0.39, 0.29) is 12.5 Å². The quantitative estimate of drug-likeness (QED) is 0.770. The van der Waals surface area contributed by atoms with E-state index in [1.165, 1.54) is 0 Å². The highest BCUT2D eigenvalue weighted by molar-refractivity contribution is 7.10. The third kappa shape index (κ3) is 3.00. The summed E-state index contributed by atoms with van der Waals surface area (Å²) < 4.78 is 0. The summed E-state index contributed by atoms with van der Waals surface area (Å²) in [5.74, 6) is -0.805. The summed E-state index contributed by atoms with van der Waals surface area (Å²) in [7, 11) is 0. The summed E-state index contributed by atoms with van der Waals surface area (Å²) in [6.07, 6.45) is 2.28. The molecule has 2 aliphatic rings. The van der Waals surface area contributed by atoms with Crippen molar-refractivity contribution in [1.29, 1.82) is 0 Å². The number of fused-ring (bicyclic) bond motifs is 2. The zero-order valence-corrected chi connectivity index (χ0v) is 16.2. The Morgan fingerprint density at radius 3 is 2.96 bits per heavy atom. The molecular formula is C19H18ClN3O3S. The van der Waals surface area contributed by atoms with Gasteiger partial charge in [0.25, 0.3) is 5.91 Å². The van der Waals surface area contributed by atoms with Crippen LogP contribution in [-0.2, 0) is 21.5 Å². The van der Waals surface area contributed by atoms with E-state index in [0.717, 1.165) is 33.7 Å². The molecule has 0 radical (unpaired) electrons. The largest absolute Gasteiger partial charge is 0.325 e. The van der Waals surface area contributed by atoms with Crippen LogP contribution in [0.5, 0.6) is 0 Å². The van der Waals surface area contributed by atoms with Gasteiger partial charge in [0.05, 0.1) is 0 Å². The predicted molar refractivity (Wildman–Crippen MR) is 104 cm³/mol. The minimum Gasteiger partial charge on any atom is -0.324 e. The Bertz CT molecular complexity index is 957. The number of thiophene rings is 1. The van der Waals surface area contributed by atoms with E-state index in [1.54, 1.807) is 29.5 Å². The normalized spacial score (nSPS) is 21.3. The zero-order chi connectivity index (χ0) is 19.2.